The Labute approximate surface area is 221 Å². The monoisotopic (exact) mass is 569 g/mol. The number of hydrogen-bond acceptors (Lipinski definition) is 6. The minimum atomic E-state index is -3.36. The number of ether oxygens (including phenoxy) is 1. The Morgan fingerprint density at radius 2 is 1.44 bits per heavy atom. The first-order chi connectivity index (χ1) is 16.9. The molecule has 0 aromatic heterocycles. The van der Waals surface area contributed by atoms with Crippen molar-refractivity contribution in [3.05, 3.63) is 76.3 Å². The number of nitrogens with one attached hydrogen (secondary N) is 1. The number of benzene rings is 3. The SMILES string of the molecule is CCS(=O)(=O)c1ccc(C(COC)C(=O)Nc2cc(Cl)c(-c3ccc(S(C)(=O)=O)cc3)c(Cl)c2)cc1. The van der Waals surface area contributed by atoms with E-state index in [2.05, 4.69) is 5.32 Å². The molecule has 36 heavy (non-hydrogen) atoms. The maximum atomic E-state index is 13.1. The molecular formula is C25H25Cl2NO6S2. The van der Waals surface area contributed by atoms with Crippen LogP contribution in [0.5, 0.6) is 0 Å². The summed E-state index contributed by atoms with van der Waals surface area (Å²) in [6.45, 7) is 1.63. The predicted molar refractivity (Wildman–Crippen MR) is 142 cm³/mol. The Hall–Kier alpha value is -2.43. The van der Waals surface area contributed by atoms with E-state index in [1.165, 1.54) is 31.4 Å². The summed E-state index contributed by atoms with van der Waals surface area (Å²) < 4.78 is 52.8. The highest BCUT2D eigenvalue weighted by atomic mass is 35.5. The molecule has 1 amide bonds. The van der Waals surface area contributed by atoms with Crippen LogP contribution in [0.1, 0.15) is 18.4 Å². The average molecular weight is 571 g/mol. The second-order valence-electron chi connectivity index (χ2n) is 8.08. The third-order valence-electron chi connectivity index (χ3n) is 5.55. The summed E-state index contributed by atoms with van der Waals surface area (Å²) in [6, 6.07) is 15.4. The van der Waals surface area contributed by atoms with Gasteiger partial charge in [0.15, 0.2) is 19.7 Å². The number of hydrogen-bond donors (Lipinski definition) is 1. The van der Waals surface area contributed by atoms with Crippen molar-refractivity contribution in [3.8, 4) is 11.1 Å². The van der Waals surface area contributed by atoms with Gasteiger partial charge in [0.2, 0.25) is 5.91 Å². The fourth-order valence-electron chi connectivity index (χ4n) is 3.58. The van der Waals surface area contributed by atoms with E-state index in [9.17, 15) is 21.6 Å². The van der Waals surface area contributed by atoms with E-state index in [1.807, 2.05) is 0 Å². The maximum Gasteiger partial charge on any atom is 0.234 e. The molecule has 0 bridgehead atoms. The summed E-state index contributed by atoms with van der Waals surface area (Å²) in [7, 11) is -5.24. The summed E-state index contributed by atoms with van der Waals surface area (Å²) in [5.41, 5.74) is 2.06. The first kappa shape index (κ1) is 28.1. The van der Waals surface area contributed by atoms with Crippen LogP contribution in [0.2, 0.25) is 10.0 Å². The van der Waals surface area contributed by atoms with Crippen molar-refractivity contribution in [2.24, 2.45) is 0 Å². The molecule has 0 radical (unpaired) electrons. The molecule has 0 aliphatic carbocycles. The lowest BCUT2D eigenvalue weighted by Gasteiger charge is -2.18. The van der Waals surface area contributed by atoms with Crippen LogP contribution < -0.4 is 5.32 Å². The normalized spacial score (nSPS) is 12.8. The number of sulfone groups is 2. The minimum absolute atomic E-state index is 0.0201. The van der Waals surface area contributed by atoms with Crippen LogP contribution in [-0.2, 0) is 29.2 Å². The second kappa shape index (κ2) is 11.3. The van der Waals surface area contributed by atoms with E-state index >= 15 is 0 Å². The van der Waals surface area contributed by atoms with Crippen molar-refractivity contribution in [1.29, 1.82) is 0 Å². The molecule has 0 saturated heterocycles. The zero-order valence-electron chi connectivity index (χ0n) is 19.8. The smallest absolute Gasteiger partial charge is 0.234 e. The summed E-state index contributed by atoms with van der Waals surface area (Å²) >= 11 is 13.0. The number of carbonyl (C=O) groups excluding carboxylic acids is 1. The lowest BCUT2D eigenvalue weighted by Crippen LogP contribution is -2.24. The van der Waals surface area contributed by atoms with Gasteiger partial charge >= 0.3 is 0 Å². The fourth-order valence-corrected chi connectivity index (χ4v) is 5.80. The van der Waals surface area contributed by atoms with Gasteiger partial charge in [-0.05, 0) is 47.5 Å². The molecule has 11 heteroatoms. The Kier molecular flexibility index (Phi) is 8.84. The van der Waals surface area contributed by atoms with Crippen LogP contribution >= 0.6 is 23.2 Å². The summed E-state index contributed by atoms with van der Waals surface area (Å²) in [4.78, 5) is 13.5. The van der Waals surface area contributed by atoms with Crippen molar-refractivity contribution in [2.45, 2.75) is 22.6 Å². The van der Waals surface area contributed by atoms with Gasteiger partial charge in [-0.3, -0.25) is 4.79 Å². The van der Waals surface area contributed by atoms with E-state index in [4.69, 9.17) is 27.9 Å². The molecule has 0 aliphatic heterocycles. The van der Waals surface area contributed by atoms with E-state index < -0.39 is 25.6 Å². The van der Waals surface area contributed by atoms with Gasteiger partial charge in [-0.15, -0.1) is 0 Å². The van der Waals surface area contributed by atoms with E-state index in [0.717, 1.165) is 6.26 Å². The molecule has 0 spiro atoms. The van der Waals surface area contributed by atoms with Crippen LogP contribution in [0, 0.1) is 0 Å². The maximum absolute atomic E-state index is 13.1. The Morgan fingerprint density at radius 3 is 1.92 bits per heavy atom. The summed E-state index contributed by atoms with van der Waals surface area (Å²) in [6.07, 6.45) is 1.12. The zero-order chi connectivity index (χ0) is 26.7. The second-order valence-corrected chi connectivity index (χ2v) is 13.2. The number of rotatable bonds is 9. The quantitative estimate of drug-likeness (QED) is 0.378. The van der Waals surface area contributed by atoms with E-state index in [0.29, 0.717) is 22.4 Å². The number of amides is 1. The molecule has 3 aromatic rings. The summed E-state index contributed by atoms with van der Waals surface area (Å²) in [5.74, 6) is -1.12. The lowest BCUT2D eigenvalue weighted by molar-refractivity contribution is -0.118. The van der Waals surface area contributed by atoms with Gasteiger partial charge in [-0.1, -0.05) is 54.4 Å². The van der Waals surface area contributed by atoms with Crippen molar-refractivity contribution >= 4 is 54.5 Å². The van der Waals surface area contributed by atoms with Gasteiger partial charge in [0.05, 0.1) is 38.1 Å². The molecule has 1 unspecified atom stereocenters. The number of carbonyl (C=O) groups is 1. The van der Waals surface area contributed by atoms with Gasteiger partial charge < -0.3 is 10.1 Å². The molecule has 3 aromatic carbocycles. The molecule has 0 aliphatic rings. The van der Waals surface area contributed by atoms with E-state index in [-0.39, 0.29) is 38.1 Å². The van der Waals surface area contributed by atoms with Gasteiger partial charge in [-0.2, -0.15) is 0 Å². The van der Waals surface area contributed by atoms with Gasteiger partial charge in [0.1, 0.15) is 0 Å². The lowest BCUT2D eigenvalue weighted by atomic mass is 9.99. The van der Waals surface area contributed by atoms with Crippen molar-refractivity contribution < 1.29 is 26.4 Å². The van der Waals surface area contributed by atoms with Crippen LogP contribution in [-0.4, -0.2) is 48.5 Å². The van der Waals surface area contributed by atoms with Crippen molar-refractivity contribution in [3.63, 3.8) is 0 Å². The Balaban J connectivity index is 1.86. The molecule has 192 valence electrons. The van der Waals surface area contributed by atoms with Gasteiger partial charge in [0.25, 0.3) is 0 Å². The van der Waals surface area contributed by atoms with Gasteiger partial charge in [-0.25, -0.2) is 16.8 Å². The Morgan fingerprint density at radius 1 is 0.917 bits per heavy atom. The molecule has 1 atom stereocenters. The van der Waals surface area contributed by atoms with Crippen molar-refractivity contribution in [2.75, 3.05) is 31.0 Å². The minimum Gasteiger partial charge on any atom is -0.384 e. The molecule has 7 nitrogen and oxygen atoms in total. The predicted octanol–water partition coefficient (Wildman–Crippen LogP) is 5.23. The average Bonchev–Trinajstić information content (AvgIpc) is 2.82. The first-order valence-corrected chi connectivity index (χ1v) is 15.1. The summed E-state index contributed by atoms with van der Waals surface area (Å²) in [5, 5.41) is 3.32. The van der Waals surface area contributed by atoms with Crippen LogP contribution in [0.3, 0.4) is 0 Å². The molecule has 0 fully saturated rings. The zero-order valence-corrected chi connectivity index (χ0v) is 22.9. The molecule has 0 heterocycles. The number of anilines is 1. The van der Waals surface area contributed by atoms with E-state index in [1.54, 1.807) is 43.3 Å². The largest absolute Gasteiger partial charge is 0.384 e. The van der Waals surface area contributed by atoms with Gasteiger partial charge in [0, 0.05) is 24.6 Å². The highest BCUT2D eigenvalue weighted by molar-refractivity contribution is 7.91. The molecule has 3 rings (SSSR count). The molecular weight excluding hydrogens is 545 g/mol. The third-order valence-corrected chi connectivity index (χ3v) is 9.03. The first-order valence-electron chi connectivity index (χ1n) is 10.8. The van der Waals surface area contributed by atoms with Crippen molar-refractivity contribution in [1.82, 2.24) is 0 Å². The van der Waals surface area contributed by atoms with Crippen LogP contribution in [0.15, 0.2) is 70.5 Å². The van der Waals surface area contributed by atoms with Crippen LogP contribution in [0.4, 0.5) is 5.69 Å². The third kappa shape index (κ3) is 6.46. The fraction of sp³-hybridized carbons (Fsp3) is 0.240. The van der Waals surface area contributed by atoms with Crippen LogP contribution in [0.25, 0.3) is 11.1 Å². The Bertz CT molecular complexity index is 1450. The standard InChI is InChI=1S/C25H25Cl2NO6S2/c1-4-36(32,33)20-11-5-16(6-12-20)21(15-34-2)25(29)28-18-13-22(26)24(23(27)14-18)17-7-9-19(10-8-17)35(3,30)31/h5-14,21H,4,15H2,1-3H3,(H,28,29). The molecule has 0 saturated carbocycles. The number of methoxy groups -OCH3 is 1. The molecule has 1 N–H and O–H groups in total. The number of halogens is 2. The highest BCUT2D eigenvalue weighted by Gasteiger charge is 2.23. The topological polar surface area (TPSA) is 107 Å². The highest BCUT2D eigenvalue weighted by Crippen LogP contribution is 2.38.